The molecular weight excluding hydrogens is 449 g/mol. The fourth-order valence-corrected chi connectivity index (χ4v) is 2.73. The summed E-state index contributed by atoms with van der Waals surface area (Å²) in [6.07, 6.45) is 1.46. The van der Waals surface area contributed by atoms with E-state index in [1.165, 1.54) is 13.1 Å². The van der Waals surface area contributed by atoms with Crippen LogP contribution in [0.5, 0.6) is 11.5 Å². The highest BCUT2D eigenvalue weighted by molar-refractivity contribution is 14.1. The third-order valence-electron chi connectivity index (χ3n) is 3.18. The molecule has 0 aliphatic carbocycles. The normalized spacial score (nSPS) is 10.6. The SMILES string of the molecule is CCOc1cc(/C=N\NC(=O)c2cccc(NC(C)=O)c2)cc(I)c1O. The Kier molecular flexibility index (Phi) is 6.96. The van der Waals surface area contributed by atoms with Gasteiger partial charge in [-0.2, -0.15) is 5.10 Å². The molecule has 0 heterocycles. The van der Waals surface area contributed by atoms with Gasteiger partial charge in [-0.25, -0.2) is 5.43 Å². The number of carbonyl (C=O) groups is 2. The highest BCUT2D eigenvalue weighted by Crippen LogP contribution is 2.32. The van der Waals surface area contributed by atoms with E-state index >= 15 is 0 Å². The molecule has 2 aromatic rings. The van der Waals surface area contributed by atoms with Crippen LogP contribution in [0.3, 0.4) is 0 Å². The first-order chi connectivity index (χ1) is 12.4. The second-order valence-electron chi connectivity index (χ2n) is 5.24. The number of anilines is 1. The maximum Gasteiger partial charge on any atom is 0.271 e. The van der Waals surface area contributed by atoms with Crippen LogP contribution in [0, 0.1) is 3.57 Å². The lowest BCUT2D eigenvalue weighted by atomic mass is 10.2. The van der Waals surface area contributed by atoms with Crippen LogP contribution in [-0.2, 0) is 4.79 Å². The summed E-state index contributed by atoms with van der Waals surface area (Å²) >= 11 is 1.99. The van der Waals surface area contributed by atoms with E-state index in [0.717, 1.165) is 0 Å². The molecule has 2 aromatic carbocycles. The van der Waals surface area contributed by atoms with Crippen LogP contribution in [0.2, 0.25) is 0 Å². The first-order valence-corrected chi connectivity index (χ1v) is 8.85. The summed E-state index contributed by atoms with van der Waals surface area (Å²) in [6, 6.07) is 9.88. The molecule has 2 amide bonds. The maximum atomic E-state index is 12.2. The zero-order valence-electron chi connectivity index (χ0n) is 14.2. The van der Waals surface area contributed by atoms with E-state index in [1.807, 2.05) is 29.5 Å². The molecule has 0 saturated carbocycles. The lowest BCUT2D eigenvalue weighted by Gasteiger charge is -2.08. The molecule has 0 fully saturated rings. The molecule has 136 valence electrons. The van der Waals surface area contributed by atoms with Gasteiger partial charge in [-0.05, 0) is 65.4 Å². The van der Waals surface area contributed by atoms with Crippen molar-refractivity contribution in [2.45, 2.75) is 13.8 Å². The van der Waals surface area contributed by atoms with Gasteiger partial charge in [0.25, 0.3) is 5.91 Å². The third-order valence-corrected chi connectivity index (χ3v) is 4.00. The number of rotatable bonds is 6. The van der Waals surface area contributed by atoms with Crippen molar-refractivity contribution in [2.24, 2.45) is 5.10 Å². The van der Waals surface area contributed by atoms with Crippen LogP contribution < -0.4 is 15.5 Å². The van der Waals surface area contributed by atoms with E-state index in [9.17, 15) is 14.7 Å². The molecule has 0 aliphatic heterocycles. The number of hydrogen-bond acceptors (Lipinski definition) is 5. The molecule has 7 nitrogen and oxygen atoms in total. The van der Waals surface area contributed by atoms with Crippen molar-refractivity contribution in [2.75, 3.05) is 11.9 Å². The van der Waals surface area contributed by atoms with Gasteiger partial charge < -0.3 is 15.2 Å². The van der Waals surface area contributed by atoms with Crippen molar-refractivity contribution in [3.63, 3.8) is 0 Å². The molecule has 0 atom stereocenters. The largest absolute Gasteiger partial charge is 0.504 e. The van der Waals surface area contributed by atoms with Crippen LogP contribution >= 0.6 is 22.6 Å². The van der Waals surface area contributed by atoms with Gasteiger partial charge in [0, 0.05) is 18.2 Å². The fourth-order valence-electron chi connectivity index (χ4n) is 2.11. The quantitative estimate of drug-likeness (QED) is 0.346. The van der Waals surface area contributed by atoms with E-state index in [-0.39, 0.29) is 11.7 Å². The van der Waals surface area contributed by atoms with Gasteiger partial charge in [-0.3, -0.25) is 9.59 Å². The molecule has 26 heavy (non-hydrogen) atoms. The Balaban J connectivity index is 2.08. The average Bonchev–Trinajstić information content (AvgIpc) is 2.59. The minimum Gasteiger partial charge on any atom is -0.504 e. The summed E-state index contributed by atoms with van der Waals surface area (Å²) in [5, 5.41) is 16.5. The number of benzene rings is 2. The maximum absolute atomic E-state index is 12.2. The number of phenols is 1. The minimum atomic E-state index is -0.410. The molecule has 0 radical (unpaired) electrons. The number of phenolic OH excluding ortho intramolecular Hbond substituents is 1. The predicted octanol–water partition coefficient (Wildman–Crippen LogP) is 3.12. The first kappa shape index (κ1) is 19.7. The van der Waals surface area contributed by atoms with Gasteiger partial charge in [-0.15, -0.1) is 0 Å². The van der Waals surface area contributed by atoms with Crippen molar-refractivity contribution in [3.05, 3.63) is 51.1 Å². The van der Waals surface area contributed by atoms with Crippen LogP contribution in [0.4, 0.5) is 5.69 Å². The van der Waals surface area contributed by atoms with Crippen LogP contribution in [0.15, 0.2) is 41.5 Å². The molecule has 0 bridgehead atoms. The number of hydrazone groups is 1. The molecule has 3 N–H and O–H groups in total. The van der Waals surface area contributed by atoms with Gasteiger partial charge >= 0.3 is 0 Å². The van der Waals surface area contributed by atoms with E-state index in [0.29, 0.717) is 32.7 Å². The predicted molar refractivity (Wildman–Crippen MR) is 108 cm³/mol. The Bertz CT molecular complexity index is 852. The highest BCUT2D eigenvalue weighted by atomic mass is 127. The highest BCUT2D eigenvalue weighted by Gasteiger charge is 2.09. The number of ether oxygens (including phenoxy) is 1. The van der Waals surface area contributed by atoms with E-state index < -0.39 is 5.91 Å². The number of aromatic hydroxyl groups is 1. The minimum absolute atomic E-state index is 0.0726. The van der Waals surface area contributed by atoms with E-state index in [2.05, 4.69) is 15.8 Å². The number of nitrogens with one attached hydrogen (secondary N) is 2. The summed E-state index contributed by atoms with van der Waals surface area (Å²) in [5.41, 5.74) is 3.99. The number of carbonyl (C=O) groups excluding carboxylic acids is 2. The van der Waals surface area contributed by atoms with Gasteiger partial charge in [0.15, 0.2) is 11.5 Å². The summed E-state index contributed by atoms with van der Waals surface area (Å²) in [5.74, 6) is -0.196. The number of nitrogens with zero attached hydrogens (tertiary/aromatic N) is 1. The monoisotopic (exact) mass is 467 g/mol. The average molecular weight is 467 g/mol. The molecule has 0 saturated heterocycles. The number of halogens is 1. The van der Waals surface area contributed by atoms with Gasteiger partial charge in [-0.1, -0.05) is 6.07 Å². The summed E-state index contributed by atoms with van der Waals surface area (Å²) in [7, 11) is 0. The lowest BCUT2D eigenvalue weighted by molar-refractivity contribution is -0.114. The van der Waals surface area contributed by atoms with Crippen LogP contribution in [0.25, 0.3) is 0 Å². The van der Waals surface area contributed by atoms with Crippen molar-refractivity contribution >= 4 is 46.3 Å². The molecule has 0 aromatic heterocycles. The Morgan fingerprint density at radius 1 is 1.31 bits per heavy atom. The van der Waals surface area contributed by atoms with Crippen LogP contribution in [-0.4, -0.2) is 29.7 Å². The Labute approximate surface area is 164 Å². The Morgan fingerprint density at radius 2 is 2.08 bits per heavy atom. The molecule has 0 spiro atoms. The first-order valence-electron chi connectivity index (χ1n) is 7.77. The van der Waals surface area contributed by atoms with E-state index in [4.69, 9.17) is 4.74 Å². The Hall–Kier alpha value is -2.62. The van der Waals surface area contributed by atoms with Gasteiger partial charge in [0.05, 0.1) is 16.4 Å². The van der Waals surface area contributed by atoms with E-state index in [1.54, 1.807) is 36.4 Å². The fraction of sp³-hybridized carbons (Fsp3) is 0.167. The summed E-state index contributed by atoms with van der Waals surface area (Å²) in [6.45, 7) is 3.64. The van der Waals surface area contributed by atoms with Crippen LogP contribution in [0.1, 0.15) is 29.8 Å². The van der Waals surface area contributed by atoms with Crippen molar-refractivity contribution in [1.82, 2.24) is 5.43 Å². The second-order valence-corrected chi connectivity index (χ2v) is 6.41. The Morgan fingerprint density at radius 3 is 2.77 bits per heavy atom. The zero-order chi connectivity index (χ0) is 19.1. The van der Waals surface area contributed by atoms with Gasteiger partial charge in [0.2, 0.25) is 5.91 Å². The lowest BCUT2D eigenvalue weighted by Crippen LogP contribution is -2.18. The molecule has 8 heteroatoms. The smallest absolute Gasteiger partial charge is 0.271 e. The molecular formula is C18H18IN3O4. The third kappa shape index (κ3) is 5.45. The number of amides is 2. The number of hydrogen-bond donors (Lipinski definition) is 3. The standard InChI is InChI=1S/C18H18IN3O4/c1-3-26-16-8-12(7-15(19)17(16)24)10-20-22-18(25)13-5-4-6-14(9-13)21-11(2)23/h4-10,24H,3H2,1-2H3,(H,21,23)(H,22,25)/b20-10-. The summed E-state index contributed by atoms with van der Waals surface area (Å²) < 4.78 is 5.98. The van der Waals surface area contributed by atoms with Crippen molar-refractivity contribution in [1.29, 1.82) is 0 Å². The zero-order valence-corrected chi connectivity index (χ0v) is 16.4. The molecule has 0 aliphatic rings. The van der Waals surface area contributed by atoms with Crippen molar-refractivity contribution < 1.29 is 19.4 Å². The molecule has 2 rings (SSSR count). The molecule has 0 unspecified atom stereocenters. The van der Waals surface area contributed by atoms with Crippen molar-refractivity contribution in [3.8, 4) is 11.5 Å². The topological polar surface area (TPSA) is 100 Å². The summed E-state index contributed by atoms with van der Waals surface area (Å²) in [4.78, 5) is 23.2. The van der Waals surface area contributed by atoms with Gasteiger partial charge in [0.1, 0.15) is 0 Å². The second kappa shape index (κ2) is 9.18.